The average Bonchev–Trinajstić information content (AvgIpc) is 2.39. The highest BCUT2D eigenvalue weighted by molar-refractivity contribution is 5.21. The quantitative estimate of drug-likeness (QED) is 0.730. The third-order valence-electron chi connectivity index (χ3n) is 3.99. The van der Waals surface area contributed by atoms with E-state index < -0.39 is 0 Å². The lowest BCUT2D eigenvalue weighted by atomic mass is 9.85. The molecule has 0 radical (unpaired) electrons. The molecule has 1 aromatic carbocycles. The Morgan fingerprint density at radius 3 is 2.05 bits per heavy atom. The van der Waals surface area contributed by atoms with Crippen LogP contribution in [0.4, 0.5) is 4.39 Å². The van der Waals surface area contributed by atoms with Gasteiger partial charge in [0.1, 0.15) is 5.82 Å². The van der Waals surface area contributed by atoms with Crippen molar-refractivity contribution < 1.29 is 4.39 Å². The molecule has 114 valence electrons. The van der Waals surface area contributed by atoms with Gasteiger partial charge in [-0.3, -0.25) is 0 Å². The Hall–Kier alpha value is -0.890. The third kappa shape index (κ3) is 6.04. The maximum atomic E-state index is 13.1. The van der Waals surface area contributed by atoms with E-state index in [1.54, 1.807) is 12.1 Å². The molecular weight excluding hydrogens is 249 g/mol. The Morgan fingerprint density at radius 2 is 1.60 bits per heavy atom. The van der Waals surface area contributed by atoms with Crippen molar-refractivity contribution in [3.8, 4) is 0 Å². The minimum Gasteiger partial charge on any atom is -0.311 e. The lowest BCUT2D eigenvalue weighted by molar-refractivity contribution is 0.356. The monoisotopic (exact) mass is 279 g/mol. The summed E-state index contributed by atoms with van der Waals surface area (Å²) in [6.07, 6.45) is 3.59. The van der Waals surface area contributed by atoms with Gasteiger partial charge in [0, 0.05) is 12.1 Å². The minimum atomic E-state index is -0.154. The van der Waals surface area contributed by atoms with E-state index in [9.17, 15) is 4.39 Å². The molecule has 1 rings (SSSR count). The van der Waals surface area contributed by atoms with Crippen molar-refractivity contribution >= 4 is 0 Å². The van der Waals surface area contributed by atoms with Crippen molar-refractivity contribution in [1.29, 1.82) is 0 Å². The highest BCUT2D eigenvalue weighted by Gasteiger charge is 2.19. The van der Waals surface area contributed by atoms with E-state index in [1.165, 1.54) is 24.8 Å². The zero-order chi connectivity index (χ0) is 15.2. The van der Waals surface area contributed by atoms with E-state index in [0.717, 1.165) is 12.5 Å². The van der Waals surface area contributed by atoms with Crippen LogP contribution in [0.15, 0.2) is 24.3 Å². The Balaban J connectivity index is 2.80. The standard InChI is InChI=1S/C18H30FN/c1-6-14(7-2)12-16(13-20-18(3,4)5)15-8-10-17(19)11-9-15/h8-11,14,16,20H,6-7,12-13H2,1-5H3. The molecule has 0 aliphatic carbocycles. The number of halogens is 1. The molecule has 0 fully saturated rings. The summed E-state index contributed by atoms with van der Waals surface area (Å²) in [7, 11) is 0. The molecule has 0 aliphatic rings. The van der Waals surface area contributed by atoms with Gasteiger partial charge >= 0.3 is 0 Å². The first-order valence-electron chi connectivity index (χ1n) is 7.86. The highest BCUT2D eigenvalue weighted by atomic mass is 19.1. The zero-order valence-electron chi connectivity index (χ0n) is 13.7. The van der Waals surface area contributed by atoms with Gasteiger partial charge in [-0.1, -0.05) is 38.8 Å². The number of hydrogen-bond acceptors (Lipinski definition) is 1. The number of hydrogen-bond donors (Lipinski definition) is 1. The second-order valence-electron chi connectivity index (χ2n) is 6.80. The second-order valence-corrected chi connectivity index (χ2v) is 6.80. The zero-order valence-corrected chi connectivity index (χ0v) is 13.7. The normalized spacial score (nSPS) is 13.8. The summed E-state index contributed by atoms with van der Waals surface area (Å²) >= 11 is 0. The maximum absolute atomic E-state index is 13.1. The van der Waals surface area contributed by atoms with Gasteiger partial charge in [-0.05, 0) is 56.7 Å². The summed E-state index contributed by atoms with van der Waals surface area (Å²) in [4.78, 5) is 0. The van der Waals surface area contributed by atoms with Crippen molar-refractivity contribution in [3.63, 3.8) is 0 Å². The minimum absolute atomic E-state index is 0.117. The van der Waals surface area contributed by atoms with E-state index >= 15 is 0 Å². The fourth-order valence-corrected chi connectivity index (χ4v) is 2.53. The lowest BCUT2D eigenvalue weighted by Gasteiger charge is -2.28. The van der Waals surface area contributed by atoms with Crippen LogP contribution in [0.1, 0.15) is 65.4 Å². The highest BCUT2D eigenvalue weighted by Crippen LogP contribution is 2.27. The van der Waals surface area contributed by atoms with Gasteiger partial charge in [0.25, 0.3) is 0 Å². The van der Waals surface area contributed by atoms with Gasteiger partial charge in [0.15, 0.2) is 0 Å². The van der Waals surface area contributed by atoms with E-state index in [0.29, 0.717) is 5.92 Å². The van der Waals surface area contributed by atoms with E-state index in [1.807, 2.05) is 12.1 Å². The summed E-state index contributed by atoms with van der Waals surface area (Å²) < 4.78 is 13.1. The number of rotatable bonds is 7. The molecule has 0 saturated heterocycles. The molecule has 1 aromatic rings. The molecule has 1 nitrogen and oxygen atoms in total. The van der Waals surface area contributed by atoms with Crippen LogP contribution in [-0.2, 0) is 0 Å². The fourth-order valence-electron chi connectivity index (χ4n) is 2.53. The molecule has 1 atom stereocenters. The smallest absolute Gasteiger partial charge is 0.123 e. The van der Waals surface area contributed by atoms with E-state index in [4.69, 9.17) is 0 Å². The summed E-state index contributed by atoms with van der Waals surface area (Å²) in [5.74, 6) is 1.05. The van der Waals surface area contributed by atoms with Gasteiger partial charge in [-0.2, -0.15) is 0 Å². The molecule has 0 spiro atoms. The van der Waals surface area contributed by atoms with Crippen molar-refractivity contribution in [2.75, 3.05) is 6.54 Å². The summed E-state index contributed by atoms with van der Waals surface area (Å²) in [5, 5.41) is 3.59. The van der Waals surface area contributed by atoms with Gasteiger partial charge < -0.3 is 5.32 Å². The summed E-state index contributed by atoms with van der Waals surface area (Å²) in [6, 6.07) is 7.03. The van der Waals surface area contributed by atoms with Gasteiger partial charge in [0.2, 0.25) is 0 Å². The van der Waals surface area contributed by atoms with Crippen molar-refractivity contribution in [2.24, 2.45) is 5.92 Å². The van der Waals surface area contributed by atoms with Crippen LogP contribution < -0.4 is 5.32 Å². The van der Waals surface area contributed by atoms with Crippen LogP contribution in [0.25, 0.3) is 0 Å². The molecule has 1 N–H and O–H groups in total. The molecule has 0 saturated carbocycles. The Kier molecular flexibility index (Phi) is 6.67. The molecular formula is C18H30FN. The summed E-state index contributed by atoms with van der Waals surface area (Å²) in [6.45, 7) is 12.0. The molecule has 0 heterocycles. The molecule has 20 heavy (non-hydrogen) atoms. The molecule has 2 heteroatoms. The maximum Gasteiger partial charge on any atom is 0.123 e. The van der Waals surface area contributed by atoms with Crippen LogP contribution in [-0.4, -0.2) is 12.1 Å². The topological polar surface area (TPSA) is 12.0 Å². The van der Waals surface area contributed by atoms with Gasteiger partial charge in [-0.25, -0.2) is 4.39 Å². The van der Waals surface area contributed by atoms with Crippen LogP contribution in [0.3, 0.4) is 0 Å². The van der Waals surface area contributed by atoms with Crippen LogP contribution in [0.2, 0.25) is 0 Å². The van der Waals surface area contributed by atoms with Crippen LogP contribution in [0.5, 0.6) is 0 Å². The number of nitrogens with one attached hydrogen (secondary N) is 1. The first-order valence-corrected chi connectivity index (χ1v) is 7.86. The predicted octanol–water partition coefficient (Wildman–Crippen LogP) is 5.12. The number of benzene rings is 1. The average molecular weight is 279 g/mol. The van der Waals surface area contributed by atoms with Crippen molar-refractivity contribution in [3.05, 3.63) is 35.6 Å². The molecule has 0 aromatic heterocycles. The fraction of sp³-hybridized carbons (Fsp3) is 0.667. The first-order chi connectivity index (χ1) is 9.35. The predicted molar refractivity (Wildman–Crippen MR) is 85.6 cm³/mol. The Bertz CT molecular complexity index is 373. The molecule has 1 unspecified atom stereocenters. The Morgan fingerprint density at radius 1 is 1.05 bits per heavy atom. The SMILES string of the molecule is CCC(CC)CC(CNC(C)(C)C)c1ccc(F)cc1. The Labute approximate surface area is 124 Å². The lowest BCUT2D eigenvalue weighted by Crippen LogP contribution is -2.38. The first kappa shape index (κ1) is 17.2. The second kappa shape index (κ2) is 7.78. The van der Waals surface area contributed by atoms with Crippen molar-refractivity contribution in [2.45, 2.75) is 65.3 Å². The van der Waals surface area contributed by atoms with Crippen LogP contribution >= 0.6 is 0 Å². The van der Waals surface area contributed by atoms with Crippen LogP contribution in [0, 0.1) is 11.7 Å². The van der Waals surface area contributed by atoms with Crippen molar-refractivity contribution in [1.82, 2.24) is 5.32 Å². The van der Waals surface area contributed by atoms with E-state index in [2.05, 4.69) is 39.9 Å². The van der Waals surface area contributed by atoms with E-state index in [-0.39, 0.29) is 11.4 Å². The van der Waals surface area contributed by atoms with Gasteiger partial charge in [0.05, 0.1) is 0 Å². The molecule has 0 amide bonds. The summed E-state index contributed by atoms with van der Waals surface area (Å²) in [5.41, 5.74) is 1.36. The van der Waals surface area contributed by atoms with Gasteiger partial charge in [-0.15, -0.1) is 0 Å². The molecule has 0 aliphatic heterocycles. The largest absolute Gasteiger partial charge is 0.311 e. The third-order valence-corrected chi connectivity index (χ3v) is 3.99. The molecule has 0 bridgehead atoms.